The lowest BCUT2D eigenvalue weighted by Crippen LogP contribution is -1.65. The van der Waals surface area contributed by atoms with Crippen molar-refractivity contribution in [1.82, 2.24) is 0 Å². The summed E-state index contributed by atoms with van der Waals surface area (Å²) in [7, 11) is 0. The molecule has 0 fully saturated rings. The van der Waals surface area contributed by atoms with Gasteiger partial charge in [0.1, 0.15) is 0 Å². The average molecular weight is 102 g/mol. The van der Waals surface area contributed by atoms with Gasteiger partial charge >= 0.3 is 0 Å². The molecule has 1 nitrogen and oxygen atoms in total. The lowest BCUT2D eigenvalue weighted by atomic mass is 10.7. The van der Waals surface area contributed by atoms with Gasteiger partial charge in [0.25, 0.3) is 0 Å². The van der Waals surface area contributed by atoms with Gasteiger partial charge in [-0.25, -0.2) is 0 Å². The highest BCUT2D eigenvalue weighted by Gasteiger charge is 1.54. The molecule has 2 heteroatoms. The molecule has 0 heterocycles. The molecule has 0 aromatic carbocycles. The van der Waals surface area contributed by atoms with Crippen molar-refractivity contribution in [2.45, 2.75) is 6.92 Å². The quantitative estimate of drug-likeness (QED) is 0.386. The van der Waals surface area contributed by atoms with Crippen LogP contribution in [0, 0.1) is 0 Å². The third kappa shape index (κ3) is 3.63. The molecule has 0 spiro atoms. The Labute approximate surface area is 42.6 Å². The molecule has 0 aliphatic carbocycles. The monoisotopic (exact) mass is 102 g/mol. The van der Waals surface area contributed by atoms with Crippen LogP contribution in [0.5, 0.6) is 0 Å². The van der Waals surface area contributed by atoms with Gasteiger partial charge in [-0.3, -0.25) is 0 Å². The Hall–Kier alpha value is -0.370. The SMILES string of the molecule is C/C=C\OC=S. The van der Waals surface area contributed by atoms with Crippen molar-refractivity contribution < 1.29 is 4.74 Å². The minimum Gasteiger partial charge on any atom is -0.462 e. The summed E-state index contributed by atoms with van der Waals surface area (Å²) in [6.07, 6.45) is 3.29. The van der Waals surface area contributed by atoms with Crippen molar-refractivity contribution in [2.75, 3.05) is 0 Å². The van der Waals surface area contributed by atoms with Crippen LogP contribution in [0.3, 0.4) is 0 Å². The van der Waals surface area contributed by atoms with E-state index >= 15 is 0 Å². The summed E-state index contributed by atoms with van der Waals surface area (Å²) in [6, 6.07) is 0. The second kappa shape index (κ2) is 4.63. The van der Waals surface area contributed by atoms with Crippen LogP contribution in [0.1, 0.15) is 6.92 Å². The maximum atomic E-state index is 4.49. The molecule has 6 heavy (non-hydrogen) atoms. The van der Waals surface area contributed by atoms with Crippen LogP contribution in [0.4, 0.5) is 0 Å². The van der Waals surface area contributed by atoms with E-state index in [-0.39, 0.29) is 0 Å². The summed E-state index contributed by atoms with van der Waals surface area (Å²) in [5.74, 6) is 0. The fourth-order valence-electron chi connectivity index (χ4n) is 0.111. The van der Waals surface area contributed by atoms with Crippen molar-refractivity contribution in [3.63, 3.8) is 0 Å². The fourth-order valence-corrected chi connectivity index (χ4v) is 0.175. The van der Waals surface area contributed by atoms with Crippen LogP contribution in [0.25, 0.3) is 0 Å². The molecular formula is C4H6OS. The molecule has 0 saturated carbocycles. The Morgan fingerprint density at radius 1 is 1.67 bits per heavy atom. The lowest BCUT2D eigenvalue weighted by Gasteiger charge is -1.77. The summed E-state index contributed by atoms with van der Waals surface area (Å²) >= 11 is 4.32. The highest BCUT2D eigenvalue weighted by Crippen LogP contribution is 1.68. The van der Waals surface area contributed by atoms with E-state index in [0.29, 0.717) is 0 Å². The number of allylic oxidation sites excluding steroid dienone is 1. The number of hydrogen-bond acceptors (Lipinski definition) is 2. The van der Waals surface area contributed by atoms with E-state index in [1.807, 2.05) is 6.92 Å². The maximum absolute atomic E-state index is 4.49. The first kappa shape index (κ1) is 5.63. The molecule has 0 saturated heterocycles. The third-order valence-electron chi connectivity index (χ3n) is 0.270. The summed E-state index contributed by atoms with van der Waals surface area (Å²) in [6.45, 7) is 1.86. The van der Waals surface area contributed by atoms with Gasteiger partial charge in [-0.2, -0.15) is 0 Å². The van der Waals surface area contributed by atoms with Crippen molar-refractivity contribution in [2.24, 2.45) is 0 Å². The van der Waals surface area contributed by atoms with Gasteiger partial charge in [-0.05, 0) is 19.1 Å². The number of rotatable bonds is 2. The van der Waals surface area contributed by atoms with Crippen LogP contribution < -0.4 is 0 Å². The Morgan fingerprint density at radius 3 is 2.50 bits per heavy atom. The van der Waals surface area contributed by atoms with Gasteiger partial charge < -0.3 is 4.74 Å². The van der Waals surface area contributed by atoms with E-state index in [2.05, 4.69) is 17.0 Å². The summed E-state index contributed by atoms with van der Waals surface area (Å²) in [5.41, 5.74) is 1.21. The van der Waals surface area contributed by atoms with Crippen LogP contribution in [0.2, 0.25) is 0 Å². The van der Waals surface area contributed by atoms with Crippen molar-refractivity contribution in [3.05, 3.63) is 12.3 Å². The third-order valence-corrected chi connectivity index (χ3v) is 0.381. The van der Waals surface area contributed by atoms with E-state index in [9.17, 15) is 0 Å². The van der Waals surface area contributed by atoms with Gasteiger partial charge in [0.05, 0.1) is 6.26 Å². The normalized spacial score (nSPS) is 8.83. The molecule has 0 aromatic heterocycles. The molecule has 0 aliphatic heterocycles. The highest BCUT2D eigenvalue weighted by atomic mass is 32.1. The zero-order valence-corrected chi connectivity index (χ0v) is 4.37. The van der Waals surface area contributed by atoms with E-state index in [1.54, 1.807) is 6.08 Å². The van der Waals surface area contributed by atoms with Crippen molar-refractivity contribution in [1.29, 1.82) is 0 Å². The smallest absolute Gasteiger partial charge is 0.153 e. The fraction of sp³-hybridized carbons (Fsp3) is 0.250. The zero-order valence-electron chi connectivity index (χ0n) is 3.55. The summed E-state index contributed by atoms with van der Waals surface area (Å²) < 4.78 is 4.49. The second-order valence-electron chi connectivity index (χ2n) is 0.702. The standard InChI is InChI=1S/C4H6OS/c1-2-3-5-4-6/h2-4H,1H3/b3-2-. The molecule has 0 rings (SSSR count). The maximum Gasteiger partial charge on any atom is 0.153 e. The topological polar surface area (TPSA) is 9.23 Å². The molecule has 0 radical (unpaired) electrons. The minimum absolute atomic E-state index is 1.21. The predicted molar refractivity (Wildman–Crippen MR) is 29.6 cm³/mol. The van der Waals surface area contributed by atoms with Crippen LogP contribution in [-0.2, 0) is 4.74 Å². The molecular weight excluding hydrogens is 96.1 g/mol. The van der Waals surface area contributed by atoms with E-state index in [0.717, 1.165) is 0 Å². The molecule has 0 unspecified atom stereocenters. The molecule has 34 valence electrons. The Kier molecular flexibility index (Phi) is 4.34. The van der Waals surface area contributed by atoms with Crippen molar-refractivity contribution in [3.8, 4) is 0 Å². The Bertz CT molecular complexity index is 58.6. The van der Waals surface area contributed by atoms with Crippen LogP contribution in [0.15, 0.2) is 12.3 Å². The van der Waals surface area contributed by atoms with E-state index < -0.39 is 0 Å². The average Bonchev–Trinajstić information content (AvgIpc) is 1.61. The molecule has 0 aliphatic rings. The number of thiocarbonyl (C=S) groups is 1. The van der Waals surface area contributed by atoms with Crippen LogP contribution in [-0.4, -0.2) is 5.55 Å². The Balaban J connectivity index is 2.85. The zero-order chi connectivity index (χ0) is 4.83. The number of hydrogen-bond donors (Lipinski definition) is 0. The van der Waals surface area contributed by atoms with Gasteiger partial charge in [-0.1, -0.05) is 6.08 Å². The van der Waals surface area contributed by atoms with E-state index in [4.69, 9.17) is 0 Å². The first-order chi connectivity index (χ1) is 2.91. The van der Waals surface area contributed by atoms with Gasteiger partial charge in [-0.15, -0.1) is 0 Å². The van der Waals surface area contributed by atoms with Gasteiger partial charge in [0, 0.05) is 0 Å². The first-order valence-electron chi connectivity index (χ1n) is 1.62. The van der Waals surface area contributed by atoms with Gasteiger partial charge in [0.2, 0.25) is 0 Å². The van der Waals surface area contributed by atoms with Crippen LogP contribution >= 0.6 is 12.2 Å². The molecule has 0 bridgehead atoms. The molecule has 0 aromatic rings. The molecule has 0 N–H and O–H groups in total. The Morgan fingerprint density at radius 2 is 2.33 bits per heavy atom. The van der Waals surface area contributed by atoms with Gasteiger partial charge in [0.15, 0.2) is 5.55 Å². The van der Waals surface area contributed by atoms with E-state index in [1.165, 1.54) is 11.8 Å². The summed E-state index contributed by atoms with van der Waals surface area (Å²) in [4.78, 5) is 0. The summed E-state index contributed by atoms with van der Waals surface area (Å²) in [5, 5.41) is 0. The second-order valence-corrected chi connectivity index (χ2v) is 0.894. The predicted octanol–water partition coefficient (Wildman–Crippen LogP) is 1.49. The number of ether oxygens (including phenoxy) is 1. The largest absolute Gasteiger partial charge is 0.462 e. The highest BCUT2D eigenvalue weighted by molar-refractivity contribution is 7.78. The lowest BCUT2D eigenvalue weighted by molar-refractivity contribution is 0.504. The minimum atomic E-state index is 1.21. The first-order valence-corrected chi connectivity index (χ1v) is 2.09. The van der Waals surface area contributed by atoms with Crippen molar-refractivity contribution >= 4 is 17.8 Å². The molecule has 0 amide bonds. The molecule has 0 atom stereocenters.